The van der Waals surface area contributed by atoms with Crippen molar-refractivity contribution in [3.05, 3.63) is 27.7 Å². The molecule has 0 radical (unpaired) electrons. The summed E-state index contributed by atoms with van der Waals surface area (Å²) >= 11 is 1.80. The Bertz CT molecular complexity index is 314. The predicted molar refractivity (Wildman–Crippen MR) is 60.6 cm³/mol. The monoisotopic (exact) mass is 208 g/mol. The summed E-state index contributed by atoms with van der Waals surface area (Å²) < 4.78 is 0. The van der Waals surface area contributed by atoms with E-state index in [4.69, 9.17) is 0 Å². The molecule has 0 aromatic carbocycles. The minimum Gasteiger partial charge on any atom is -0.307 e. The van der Waals surface area contributed by atoms with Gasteiger partial charge in [-0.2, -0.15) is 0 Å². The third kappa shape index (κ3) is 2.22. The number of rotatable bonds is 3. The maximum absolute atomic E-state index is 4.51. The van der Waals surface area contributed by atoms with Gasteiger partial charge in [-0.1, -0.05) is 12.2 Å². The lowest BCUT2D eigenvalue weighted by Gasteiger charge is -2.09. The van der Waals surface area contributed by atoms with Crippen molar-refractivity contribution in [1.29, 1.82) is 0 Å². The fourth-order valence-corrected chi connectivity index (χ4v) is 2.52. The van der Waals surface area contributed by atoms with Crippen LogP contribution < -0.4 is 5.32 Å². The summed E-state index contributed by atoms with van der Waals surface area (Å²) in [5.41, 5.74) is 1.18. The highest BCUT2D eigenvalue weighted by Gasteiger charge is 2.10. The Morgan fingerprint density at radius 2 is 2.14 bits per heavy atom. The van der Waals surface area contributed by atoms with E-state index in [1.807, 2.05) is 0 Å². The molecule has 0 atom stereocenters. The van der Waals surface area contributed by atoms with Gasteiger partial charge in [-0.15, -0.1) is 11.3 Å². The van der Waals surface area contributed by atoms with Gasteiger partial charge in [0.2, 0.25) is 0 Å². The summed E-state index contributed by atoms with van der Waals surface area (Å²) in [5, 5.41) is 4.74. The average molecular weight is 208 g/mol. The number of aromatic nitrogens is 1. The molecule has 1 heterocycles. The van der Waals surface area contributed by atoms with Crippen LogP contribution in [0, 0.1) is 13.8 Å². The van der Waals surface area contributed by atoms with Crippen molar-refractivity contribution in [3.8, 4) is 0 Å². The van der Waals surface area contributed by atoms with Crippen molar-refractivity contribution in [2.45, 2.75) is 39.3 Å². The summed E-state index contributed by atoms with van der Waals surface area (Å²) in [4.78, 5) is 5.85. The molecule has 1 aliphatic carbocycles. The fourth-order valence-electron chi connectivity index (χ4n) is 1.63. The lowest BCUT2D eigenvalue weighted by atomic mass is 10.2. The zero-order valence-corrected chi connectivity index (χ0v) is 9.53. The van der Waals surface area contributed by atoms with Gasteiger partial charge in [-0.25, -0.2) is 4.98 Å². The first kappa shape index (κ1) is 9.87. The molecule has 1 aromatic rings. The van der Waals surface area contributed by atoms with E-state index in [0.717, 1.165) is 6.54 Å². The Labute approximate surface area is 89.1 Å². The maximum Gasteiger partial charge on any atom is 0.107 e. The summed E-state index contributed by atoms with van der Waals surface area (Å²) in [6.45, 7) is 5.13. The van der Waals surface area contributed by atoms with Crippen molar-refractivity contribution in [2.24, 2.45) is 0 Å². The quantitative estimate of drug-likeness (QED) is 0.772. The first-order valence-corrected chi connectivity index (χ1v) is 5.88. The van der Waals surface area contributed by atoms with Gasteiger partial charge in [0.05, 0.1) is 5.69 Å². The minimum absolute atomic E-state index is 0.638. The molecule has 14 heavy (non-hydrogen) atoms. The van der Waals surface area contributed by atoms with Crippen LogP contribution in [0.3, 0.4) is 0 Å². The largest absolute Gasteiger partial charge is 0.307 e. The van der Waals surface area contributed by atoms with Crippen LogP contribution in [0.25, 0.3) is 0 Å². The highest BCUT2D eigenvalue weighted by atomic mass is 32.1. The highest BCUT2D eigenvalue weighted by Crippen LogP contribution is 2.17. The lowest BCUT2D eigenvalue weighted by molar-refractivity contribution is 0.537. The average Bonchev–Trinajstić information content (AvgIpc) is 2.74. The van der Waals surface area contributed by atoms with E-state index in [9.17, 15) is 0 Å². The van der Waals surface area contributed by atoms with Crippen LogP contribution in [0.5, 0.6) is 0 Å². The Kier molecular flexibility index (Phi) is 2.99. The maximum atomic E-state index is 4.51. The number of nitrogens with zero attached hydrogens (tertiary/aromatic N) is 1. The molecule has 3 heteroatoms. The Morgan fingerprint density at radius 3 is 2.71 bits per heavy atom. The third-order valence-corrected chi connectivity index (χ3v) is 3.70. The summed E-state index contributed by atoms with van der Waals surface area (Å²) in [6, 6.07) is 0.638. The molecule has 1 aromatic heterocycles. The van der Waals surface area contributed by atoms with Gasteiger partial charge >= 0.3 is 0 Å². The molecule has 1 N–H and O–H groups in total. The van der Waals surface area contributed by atoms with E-state index in [2.05, 4.69) is 36.3 Å². The van der Waals surface area contributed by atoms with Gasteiger partial charge in [0.15, 0.2) is 0 Å². The zero-order chi connectivity index (χ0) is 9.97. The van der Waals surface area contributed by atoms with Crippen LogP contribution in [0.15, 0.2) is 12.2 Å². The Balaban J connectivity index is 1.85. The normalized spacial score (nSPS) is 16.7. The standard InChI is InChI=1S/C11H16N2S/c1-8-9(2)14-11(13-8)7-12-10-5-3-4-6-10/h3-4,10,12H,5-7H2,1-2H3. The number of nitrogens with one attached hydrogen (secondary N) is 1. The van der Waals surface area contributed by atoms with Gasteiger partial charge in [0, 0.05) is 17.5 Å². The Hall–Kier alpha value is -0.670. The smallest absolute Gasteiger partial charge is 0.107 e. The SMILES string of the molecule is Cc1nc(CNC2CC=CC2)sc1C. The van der Waals surface area contributed by atoms with Crippen LogP contribution in [0.1, 0.15) is 28.4 Å². The van der Waals surface area contributed by atoms with Crippen LogP contribution in [0.2, 0.25) is 0 Å². The third-order valence-electron chi connectivity index (χ3n) is 2.62. The molecule has 2 rings (SSSR count). The molecule has 0 spiro atoms. The molecular weight excluding hydrogens is 192 g/mol. The van der Waals surface area contributed by atoms with Crippen LogP contribution in [-0.4, -0.2) is 11.0 Å². The van der Waals surface area contributed by atoms with E-state index in [1.165, 1.54) is 28.4 Å². The molecule has 1 aliphatic rings. The minimum atomic E-state index is 0.638. The molecule has 0 amide bonds. The molecule has 0 saturated heterocycles. The van der Waals surface area contributed by atoms with Crippen molar-refractivity contribution < 1.29 is 0 Å². The van der Waals surface area contributed by atoms with Crippen LogP contribution >= 0.6 is 11.3 Å². The number of hydrogen-bond acceptors (Lipinski definition) is 3. The molecule has 76 valence electrons. The second-order valence-corrected chi connectivity index (χ2v) is 5.06. The second-order valence-electron chi connectivity index (χ2n) is 3.77. The van der Waals surface area contributed by atoms with E-state index in [0.29, 0.717) is 6.04 Å². The number of hydrogen-bond donors (Lipinski definition) is 1. The Morgan fingerprint density at radius 1 is 1.43 bits per heavy atom. The molecule has 2 nitrogen and oxygen atoms in total. The van der Waals surface area contributed by atoms with Crippen molar-refractivity contribution in [1.82, 2.24) is 10.3 Å². The molecule has 0 unspecified atom stereocenters. The molecular formula is C11H16N2S. The molecule has 0 saturated carbocycles. The van der Waals surface area contributed by atoms with Gasteiger partial charge < -0.3 is 5.32 Å². The van der Waals surface area contributed by atoms with E-state index < -0.39 is 0 Å². The summed E-state index contributed by atoms with van der Waals surface area (Å²) in [6.07, 6.45) is 6.83. The van der Waals surface area contributed by atoms with Crippen LogP contribution in [0.4, 0.5) is 0 Å². The van der Waals surface area contributed by atoms with E-state index in [-0.39, 0.29) is 0 Å². The van der Waals surface area contributed by atoms with Gasteiger partial charge in [-0.3, -0.25) is 0 Å². The van der Waals surface area contributed by atoms with Crippen molar-refractivity contribution in [2.75, 3.05) is 0 Å². The van der Waals surface area contributed by atoms with Crippen molar-refractivity contribution in [3.63, 3.8) is 0 Å². The topological polar surface area (TPSA) is 24.9 Å². The van der Waals surface area contributed by atoms with Gasteiger partial charge in [0.25, 0.3) is 0 Å². The molecule has 0 bridgehead atoms. The molecule has 0 fully saturated rings. The molecule has 0 aliphatic heterocycles. The zero-order valence-electron chi connectivity index (χ0n) is 8.71. The van der Waals surface area contributed by atoms with Crippen molar-refractivity contribution >= 4 is 11.3 Å². The second kappa shape index (κ2) is 4.24. The van der Waals surface area contributed by atoms with Gasteiger partial charge in [0.1, 0.15) is 5.01 Å². The summed E-state index contributed by atoms with van der Waals surface area (Å²) in [5.74, 6) is 0. The first-order valence-electron chi connectivity index (χ1n) is 5.07. The van der Waals surface area contributed by atoms with E-state index >= 15 is 0 Å². The lowest BCUT2D eigenvalue weighted by Crippen LogP contribution is -2.25. The highest BCUT2D eigenvalue weighted by molar-refractivity contribution is 7.11. The fraction of sp³-hybridized carbons (Fsp3) is 0.545. The van der Waals surface area contributed by atoms with Gasteiger partial charge in [-0.05, 0) is 26.7 Å². The summed E-state index contributed by atoms with van der Waals surface area (Å²) in [7, 11) is 0. The number of aryl methyl sites for hydroxylation is 2. The number of thiazole rings is 1. The van der Waals surface area contributed by atoms with Crippen LogP contribution in [-0.2, 0) is 6.54 Å². The first-order chi connectivity index (χ1) is 6.75. The van der Waals surface area contributed by atoms with E-state index in [1.54, 1.807) is 11.3 Å². The predicted octanol–water partition coefficient (Wildman–Crippen LogP) is 2.57.